The van der Waals surface area contributed by atoms with Crippen LogP contribution in [0.15, 0.2) is 42.5 Å². The first-order chi connectivity index (χ1) is 10.3. The fourth-order valence-electron chi connectivity index (χ4n) is 1.85. The highest BCUT2D eigenvalue weighted by Gasteiger charge is 1.99. The van der Waals surface area contributed by atoms with Gasteiger partial charge in [0.05, 0.1) is 19.4 Å². The summed E-state index contributed by atoms with van der Waals surface area (Å²) in [6, 6.07) is 14.1. The Morgan fingerprint density at radius 1 is 0.952 bits per heavy atom. The van der Waals surface area contributed by atoms with Crippen molar-refractivity contribution in [2.24, 2.45) is 0 Å². The molecule has 0 saturated carbocycles. The molecule has 112 valence electrons. The Bertz CT molecular complexity index is 585. The monoisotopic (exact) mass is 306 g/mol. The van der Waals surface area contributed by atoms with E-state index in [1.807, 2.05) is 30.3 Å². The van der Waals surface area contributed by atoms with Crippen molar-refractivity contribution in [2.75, 3.05) is 32.6 Å². The molecule has 0 fully saturated rings. The van der Waals surface area contributed by atoms with Crippen molar-refractivity contribution in [3.8, 4) is 5.75 Å². The lowest BCUT2D eigenvalue weighted by molar-refractivity contribution is -0.142. The molecule has 21 heavy (non-hydrogen) atoms. The van der Waals surface area contributed by atoms with E-state index in [4.69, 9.17) is 14.2 Å². The van der Waals surface area contributed by atoms with E-state index in [2.05, 4.69) is 21.4 Å². The zero-order valence-electron chi connectivity index (χ0n) is 11.8. The van der Waals surface area contributed by atoms with E-state index in [0.717, 1.165) is 11.1 Å². The molecule has 5 heteroatoms. The maximum atomic E-state index is 10.9. The molecule has 0 amide bonds. The number of ether oxygens (including phenoxy) is 3. The molecular weight excluding hydrogens is 287 g/mol. The van der Waals surface area contributed by atoms with Gasteiger partial charge in [-0.3, -0.25) is 4.79 Å². The predicted octanol–water partition coefficient (Wildman–Crippen LogP) is 2.65. The smallest absolute Gasteiger partial charge is 0.309 e. The number of fused-ring (bicyclic) bond motifs is 1. The van der Waals surface area contributed by atoms with Crippen molar-refractivity contribution < 1.29 is 19.0 Å². The van der Waals surface area contributed by atoms with Crippen LogP contribution in [0, 0.1) is 0 Å². The highest BCUT2D eigenvalue weighted by Crippen LogP contribution is 2.20. The van der Waals surface area contributed by atoms with Crippen molar-refractivity contribution >= 4 is 26.0 Å². The summed E-state index contributed by atoms with van der Waals surface area (Å²) in [5, 5.41) is 2.34. The maximum Gasteiger partial charge on any atom is 0.309 e. The van der Waals surface area contributed by atoms with Gasteiger partial charge < -0.3 is 14.2 Å². The van der Waals surface area contributed by atoms with Gasteiger partial charge in [0, 0.05) is 0 Å². The highest BCUT2D eigenvalue weighted by molar-refractivity contribution is 7.18. The van der Waals surface area contributed by atoms with Crippen LogP contribution in [0.4, 0.5) is 0 Å². The molecule has 1 unspecified atom stereocenters. The number of hydrogen-bond donors (Lipinski definition) is 0. The molecule has 4 nitrogen and oxygen atoms in total. The SMILES string of the molecule is O=C(CP)OCCOCCOc1ccc2ccccc2c1. The van der Waals surface area contributed by atoms with Gasteiger partial charge in [0.2, 0.25) is 0 Å². The van der Waals surface area contributed by atoms with Gasteiger partial charge in [-0.05, 0) is 22.9 Å². The number of rotatable bonds is 8. The van der Waals surface area contributed by atoms with Crippen molar-refractivity contribution in [1.29, 1.82) is 0 Å². The van der Waals surface area contributed by atoms with E-state index in [9.17, 15) is 4.79 Å². The molecule has 2 rings (SSSR count). The summed E-state index contributed by atoms with van der Waals surface area (Å²) < 4.78 is 15.8. The minimum absolute atomic E-state index is 0.240. The molecule has 2 aromatic rings. The molecule has 0 bridgehead atoms. The second-order valence-corrected chi connectivity index (χ2v) is 4.80. The third-order valence-corrected chi connectivity index (χ3v) is 3.21. The van der Waals surface area contributed by atoms with Crippen molar-refractivity contribution in [3.05, 3.63) is 42.5 Å². The summed E-state index contributed by atoms with van der Waals surface area (Å²) in [6.45, 7) is 1.60. The second kappa shape index (κ2) is 8.60. The van der Waals surface area contributed by atoms with Crippen LogP contribution in [0.2, 0.25) is 0 Å². The molecule has 0 N–H and O–H groups in total. The highest BCUT2D eigenvalue weighted by atomic mass is 31.0. The number of hydrogen-bond acceptors (Lipinski definition) is 4. The topological polar surface area (TPSA) is 44.8 Å². The minimum Gasteiger partial charge on any atom is -0.491 e. The van der Waals surface area contributed by atoms with Crippen LogP contribution >= 0.6 is 9.24 Å². The van der Waals surface area contributed by atoms with Gasteiger partial charge in [0.1, 0.15) is 19.0 Å². The second-order valence-electron chi connectivity index (χ2n) is 4.39. The van der Waals surface area contributed by atoms with Gasteiger partial charge in [0.25, 0.3) is 0 Å². The Morgan fingerprint density at radius 2 is 1.71 bits per heavy atom. The lowest BCUT2D eigenvalue weighted by Crippen LogP contribution is -2.14. The summed E-state index contributed by atoms with van der Waals surface area (Å²) in [6.07, 6.45) is 0.311. The third kappa shape index (κ3) is 5.33. The van der Waals surface area contributed by atoms with Crippen LogP contribution in [0.25, 0.3) is 10.8 Å². The van der Waals surface area contributed by atoms with Crippen LogP contribution in [0.1, 0.15) is 0 Å². The van der Waals surface area contributed by atoms with E-state index < -0.39 is 0 Å². The Labute approximate surface area is 126 Å². The molecule has 2 aromatic carbocycles. The first kappa shape index (κ1) is 15.7. The van der Waals surface area contributed by atoms with E-state index in [1.54, 1.807) is 0 Å². The fraction of sp³-hybridized carbons (Fsp3) is 0.312. The zero-order valence-corrected chi connectivity index (χ0v) is 12.9. The van der Waals surface area contributed by atoms with Crippen molar-refractivity contribution in [2.45, 2.75) is 0 Å². The van der Waals surface area contributed by atoms with E-state index in [-0.39, 0.29) is 12.6 Å². The normalized spacial score (nSPS) is 10.5. The van der Waals surface area contributed by atoms with Crippen LogP contribution in [-0.4, -0.2) is 38.6 Å². The standard InChI is InChI=1S/C16H19O4P/c17-16(12-21)20-10-8-18-7-9-19-15-6-5-13-3-1-2-4-14(13)11-15/h1-6,11H,7-10,12,21H2. The van der Waals surface area contributed by atoms with Gasteiger partial charge in [-0.25, -0.2) is 0 Å². The van der Waals surface area contributed by atoms with Crippen LogP contribution < -0.4 is 4.74 Å². The molecule has 0 aromatic heterocycles. The molecular formula is C16H19O4P. The van der Waals surface area contributed by atoms with Gasteiger partial charge in [0.15, 0.2) is 0 Å². The lowest BCUT2D eigenvalue weighted by Gasteiger charge is -2.08. The maximum absolute atomic E-state index is 10.9. The minimum atomic E-state index is -0.240. The molecule has 0 saturated heterocycles. The first-order valence-corrected chi connectivity index (χ1v) is 7.66. The summed E-state index contributed by atoms with van der Waals surface area (Å²) in [5.74, 6) is 0.586. The molecule has 0 aliphatic heterocycles. The molecule has 0 aliphatic rings. The lowest BCUT2D eigenvalue weighted by atomic mass is 10.1. The number of esters is 1. The van der Waals surface area contributed by atoms with Crippen LogP contribution in [-0.2, 0) is 14.3 Å². The van der Waals surface area contributed by atoms with Crippen LogP contribution in [0.3, 0.4) is 0 Å². The van der Waals surface area contributed by atoms with Gasteiger partial charge >= 0.3 is 5.97 Å². The fourth-order valence-corrected chi connectivity index (χ4v) is 1.97. The summed E-state index contributed by atoms with van der Waals surface area (Å²) >= 11 is 0. The summed E-state index contributed by atoms with van der Waals surface area (Å²) in [4.78, 5) is 10.9. The number of benzene rings is 2. The average molecular weight is 306 g/mol. The number of carbonyl (C=O) groups is 1. The molecule has 0 spiro atoms. The average Bonchev–Trinajstić information content (AvgIpc) is 2.53. The third-order valence-electron chi connectivity index (χ3n) is 2.87. The number of carbonyl (C=O) groups excluding carboxylic acids is 1. The molecule has 0 heterocycles. The molecule has 0 aliphatic carbocycles. The van der Waals surface area contributed by atoms with E-state index >= 15 is 0 Å². The Balaban J connectivity index is 1.65. The zero-order chi connectivity index (χ0) is 14.9. The molecule has 0 radical (unpaired) electrons. The largest absolute Gasteiger partial charge is 0.491 e. The van der Waals surface area contributed by atoms with Crippen molar-refractivity contribution in [3.63, 3.8) is 0 Å². The Morgan fingerprint density at radius 3 is 2.52 bits per heavy atom. The summed E-state index contributed by atoms with van der Waals surface area (Å²) in [7, 11) is 2.32. The first-order valence-electron chi connectivity index (χ1n) is 6.84. The van der Waals surface area contributed by atoms with Crippen LogP contribution in [0.5, 0.6) is 5.75 Å². The van der Waals surface area contributed by atoms with Gasteiger partial charge in [-0.2, -0.15) is 0 Å². The summed E-state index contributed by atoms with van der Waals surface area (Å²) in [5.41, 5.74) is 0. The Hall–Kier alpha value is -1.64. The Kier molecular flexibility index (Phi) is 6.45. The quantitative estimate of drug-likeness (QED) is 0.427. The van der Waals surface area contributed by atoms with Crippen molar-refractivity contribution in [1.82, 2.24) is 0 Å². The molecule has 1 atom stereocenters. The van der Waals surface area contributed by atoms with E-state index in [1.165, 1.54) is 5.39 Å². The van der Waals surface area contributed by atoms with Gasteiger partial charge in [-0.15, -0.1) is 9.24 Å². The van der Waals surface area contributed by atoms with Gasteiger partial charge in [-0.1, -0.05) is 30.3 Å². The van der Waals surface area contributed by atoms with E-state index in [0.29, 0.717) is 26.0 Å². The predicted molar refractivity (Wildman–Crippen MR) is 85.8 cm³/mol.